The predicted molar refractivity (Wildman–Crippen MR) is 71.3 cm³/mol. The van der Waals surface area contributed by atoms with Crippen molar-refractivity contribution >= 4 is 29.2 Å². The van der Waals surface area contributed by atoms with Gasteiger partial charge in [0, 0.05) is 10.7 Å². The molecule has 5 nitrogen and oxygen atoms in total. The molecule has 0 radical (unpaired) electrons. The number of nitrogens with two attached hydrogens (primary N) is 2. The van der Waals surface area contributed by atoms with E-state index in [1.54, 1.807) is 12.1 Å². The summed E-state index contributed by atoms with van der Waals surface area (Å²) in [5.74, 6) is 0.575. The molecule has 1 heterocycles. The van der Waals surface area contributed by atoms with Crippen molar-refractivity contribution in [3.05, 3.63) is 29.3 Å². The fraction of sp³-hybridized carbons (Fsp3) is 0.273. The minimum atomic E-state index is -0.117. The van der Waals surface area contributed by atoms with Gasteiger partial charge in [-0.15, -0.1) is 0 Å². The second-order valence-corrected chi connectivity index (χ2v) is 4.13. The summed E-state index contributed by atoms with van der Waals surface area (Å²) in [7, 11) is 0. The Kier molecular flexibility index (Phi) is 3.19. The van der Waals surface area contributed by atoms with Crippen LogP contribution >= 0.6 is 11.6 Å². The molecule has 0 amide bonds. The third kappa shape index (κ3) is 2.34. The molecule has 1 aliphatic rings. The Labute approximate surface area is 105 Å². The number of halogens is 1. The first-order valence-corrected chi connectivity index (χ1v) is 5.72. The van der Waals surface area contributed by atoms with E-state index in [-0.39, 0.29) is 12.1 Å². The van der Waals surface area contributed by atoms with Gasteiger partial charge in [-0.05, 0) is 30.7 Å². The molecule has 1 atom stereocenters. The Morgan fingerprint density at radius 1 is 1.29 bits per heavy atom. The average molecular weight is 252 g/mol. The zero-order valence-electron chi connectivity index (χ0n) is 9.47. The molecule has 90 valence electrons. The van der Waals surface area contributed by atoms with Crippen LogP contribution in [0.4, 0.5) is 5.69 Å². The third-order valence-electron chi connectivity index (χ3n) is 2.53. The SMILES string of the molecule is CC[C@@H]1N=C(N)N=C(N)N1c1ccc(Cl)cc1. The van der Waals surface area contributed by atoms with Gasteiger partial charge in [-0.25, -0.2) is 4.99 Å². The smallest absolute Gasteiger partial charge is 0.220 e. The van der Waals surface area contributed by atoms with Crippen molar-refractivity contribution in [1.82, 2.24) is 0 Å². The maximum Gasteiger partial charge on any atom is 0.220 e. The largest absolute Gasteiger partial charge is 0.369 e. The Morgan fingerprint density at radius 3 is 2.53 bits per heavy atom. The Hall–Kier alpha value is -1.75. The molecule has 2 rings (SSSR count). The van der Waals surface area contributed by atoms with Gasteiger partial charge in [-0.3, -0.25) is 4.90 Å². The molecule has 0 aliphatic carbocycles. The van der Waals surface area contributed by atoms with Gasteiger partial charge < -0.3 is 11.5 Å². The molecule has 1 aliphatic heterocycles. The molecule has 0 saturated heterocycles. The predicted octanol–water partition coefficient (Wildman–Crippen LogP) is 1.53. The molecule has 4 N–H and O–H groups in total. The van der Waals surface area contributed by atoms with Crippen molar-refractivity contribution in [3.63, 3.8) is 0 Å². The molecule has 17 heavy (non-hydrogen) atoms. The number of anilines is 1. The summed E-state index contributed by atoms with van der Waals surface area (Å²) >= 11 is 5.85. The minimum absolute atomic E-state index is 0.117. The minimum Gasteiger partial charge on any atom is -0.369 e. The van der Waals surface area contributed by atoms with Gasteiger partial charge in [0.05, 0.1) is 0 Å². The van der Waals surface area contributed by atoms with E-state index in [9.17, 15) is 0 Å². The van der Waals surface area contributed by atoms with E-state index in [1.165, 1.54) is 0 Å². The maximum absolute atomic E-state index is 5.89. The zero-order valence-corrected chi connectivity index (χ0v) is 10.2. The summed E-state index contributed by atoms with van der Waals surface area (Å²) in [4.78, 5) is 10.1. The Bertz CT molecular complexity index is 465. The monoisotopic (exact) mass is 251 g/mol. The van der Waals surface area contributed by atoms with Gasteiger partial charge in [0.15, 0.2) is 0 Å². The first-order valence-electron chi connectivity index (χ1n) is 5.34. The molecule has 0 bridgehead atoms. The highest BCUT2D eigenvalue weighted by molar-refractivity contribution is 6.30. The van der Waals surface area contributed by atoms with Crippen LogP contribution in [0.15, 0.2) is 34.3 Å². The molecule has 1 aromatic carbocycles. The average Bonchev–Trinajstić information content (AvgIpc) is 2.30. The third-order valence-corrected chi connectivity index (χ3v) is 2.78. The summed E-state index contributed by atoms with van der Waals surface area (Å²) < 4.78 is 0. The first kappa shape index (κ1) is 11.7. The van der Waals surface area contributed by atoms with Crippen molar-refractivity contribution < 1.29 is 0 Å². The van der Waals surface area contributed by atoms with Crippen molar-refractivity contribution in [3.8, 4) is 0 Å². The van der Waals surface area contributed by atoms with Crippen LogP contribution in [-0.2, 0) is 0 Å². The zero-order chi connectivity index (χ0) is 12.4. The van der Waals surface area contributed by atoms with Crippen LogP contribution in [0.5, 0.6) is 0 Å². The van der Waals surface area contributed by atoms with E-state index in [0.29, 0.717) is 11.0 Å². The molecule has 0 unspecified atom stereocenters. The number of rotatable bonds is 2. The van der Waals surface area contributed by atoms with Crippen LogP contribution in [0.2, 0.25) is 5.02 Å². The van der Waals surface area contributed by atoms with Gasteiger partial charge in [0.2, 0.25) is 11.9 Å². The Morgan fingerprint density at radius 2 is 1.94 bits per heavy atom. The number of nitrogens with zero attached hydrogens (tertiary/aromatic N) is 3. The summed E-state index contributed by atoms with van der Waals surface area (Å²) in [6.07, 6.45) is 0.674. The van der Waals surface area contributed by atoms with Gasteiger partial charge in [-0.1, -0.05) is 18.5 Å². The highest BCUT2D eigenvalue weighted by Crippen LogP contribution is 2.23. The number of benzene rings is 1. The maximum atomic E-state index is 5.89. The van der Waals surface area contributed by atoms with Gasteiger partial charge in [0.25, 0.3) is 0 Å². The fourth-order valence-electron chi connectivity index (χ4n) is 1.74. The van der Waals surface area contributed by atoms with Crippen molar-refractivity contribution in [1.29, 1.82) is 0 Å². The summed E-state index contributed by atoms with van der Waals surface area (Å²) in [6, 6.07) is 7.37. The van der Waals surface area contributed by atoms with Gasteiger partial charge in [-0.2, -0.15) is 4.99 Å². The topological polar surface area (TPSA) is 80.0 Å². The second-order valence-electron chi connectivity index (χ2n) is 3.69. The van der Waals surface area contributed by atoms with Crippen LogP contribution in [0, 0.1) is 0 Å². The van der Waals surface area contributed by atoms with E-state index in [4.69, 9.17) is 23.1 Å². The molecule has 6 heteroatoms. The lowest BCUT2D eigenvalue weighted by Crippen LogP contribution is -2.48. The molecular weight excluding hydrogens is 238 g/mol. The summed E-state index contributed by atoms with van der Waals surface area (Å²) in [5.41, 5.74) is 12.4. The van der Waals surface area contributed by atoms with Crippen molar-refractivity contribution in [2.75, 3.05) is 4.90 Å². The van der Waals surface area contributed by atoms with E-state index >= 15 is 0 Å². The highest BCUT2D eigenvalue weighted by atomic mass is 35.5. The fourth-order valence-corrected chi connectivity index (χ4v) is 1.87. The van der Waals surface area contributed by atoms with E-state index in [1.807, 2.05) is 24.0 Å². The van der Waals surface area contributed by atoms with Crippen molar-refractivity contribution in [2.45, 2.75) is 19.5 Å². The standard InChI is InChI=1S/C11H14ClN5/c1-2-9-15-10(13)16-11(14)17(9)8-5-3-7(12)4-6-8/h3-6,9H,2H2,1H3,(H4,13,14,15,16)/t9-/m1/s1. The molecular formula is C11H14ClN5. The lowest BCUT2D eigenvalue weighted by molar-refractivity contribution is 0.660. The lowest BCUT2D eigenvalue weighted by atomic mass is 10.2. The van der Waals surface area contributed by atoms with E-state index in [2.05, 4.69) is 9.98 Å². The molecule has 0 fully saturated rings. The quantitative estimate of drug-likeness (QED) is 0.836. The summed E-state index contributed by atoms with van der Waals surface area (Å²) in [5, 5.41) is 0.678. The lowest BCUT2D eigenvalue weighted by Gasteiger charge is -2.31. The van der Waals surface area contributed by atoms with Crippen LogP contribution in [0.3, 0.4) is 0 Å². The highest BCUT2D eigenvalue weighted by Gasteiger charge is 2.24. The molecule has 0 aromatic heterocycles. The summed E-state index contributed by atoms with van der Waals surface area (Å²) in [6.45, 7) is 2.02. The molecule has 0 spiro atoms. The van der Waals surface area contributed by atoms with Crippen LogP contribution in [0.1, 0.15) is 13.3 Å². The van der Waals surface area contributed by atoms with Crippen LogP contribution in [0.25, 0.3) is 0 Å². The van der Waals surface area contributed by atoms with Gasteiger partial charge >= 0.3 is 0 Å². The normalized spacial score (nSPS) is 19.9. The molecule has 0 saturated carbocycles. The van der Waals surface area contributed by atoms with Crippen molar-refractivity contribution in [2.24, 2.45) is 21.5 Å². The number of hydrogen-bond acceptors (Lipinski definition) is 5. The van der Waals surface area contributed by atoms with E-state index in [0.717, 1.165) is 12.1 Å². The Balaban J connectivity index is 2.37. The van der Waals surface area contributed by atoms with Crippen LogP contribution in [-0.4, -0.2) is 18.1 Å². The second kappa shape index (κ2) is 4.63. The number of hydrogen-bond donors (Lipinski definition) is 2. The van der Waals surface area contributed by atoms with Crippen LogP contribution < -0.4 is 16.4 Å². The first-order chi connectivity index (χ1) is 8.11. The number of guanidine groups is 2. The number of aliphatic imine (C=N–C) groups is 2. The van der Waals surface area contributed by atoms with Gasteiger partial charge in [0.1, 0.15) is 6.17 Å². The van der Waals surface area contributed by atoms with E-state index < -0.39 is 0 Å². The molecule has 1 aromatic rings.